The van der Waals surface area contributed by atoms with E-state index in [4.69, 9.17) is 4.52 Å². The fraction of sp³-hybridized carbons (Fsp3) is 0.562. The highest BCUT2D eigenvalue weighted by atomic mass is 32.1. The number of hydrogen-bond acceptors (Lipinski definition) is 5. The van der Waals surface area contributed by atoms with E-state index in [-0.39, 0.29) is 0 Å². The van der Waals surface area contributed by atoms with Gasteiger partial charge in [-0.3, -0.25) is 9.80 Å². The third-order valence-corrected chi connectivity index (χ3v) is 5.45. The zero-order chi connectivity index (χ0) is 14.1. The zero-order valence-electron chi connectivity index (χ0n) is 12.3. The molecule has 2 aromatic heterocycles. The molecule has 0 bridgehead atoms. The van der Waals surface area contributed by atoms with Gasteiger partial charge in [-0.15, -0.1) is 11.3 Å². The molecule has 2 aliphatic heterocycles. The van der Waals surface area contributed by atoms with Crippen molar-refractivity contribution in [1.29, 1.82) is 0 Å². The molecule has 1 fully saturated rings. The number of thiophene rings is 1. The first-order chi connectivity index (χ1) is 10.4. The Balaban J connectivity index is 1.36. The van der Waals surface area contributed by atoms with Gasteiger partial charge in [0.05, 0.1) is 5.69 Å². The maximum absolute atomic E-state index is 5.06. The first kappa shape index (κ1) is 13.5. The van der Waals surface area contributed by atoms with Crippen LogP contribution < -0.4 is 0 Å². The van der Waals surface area contributed by atoms with E-state index < -0.39 is 0 Å². The summed E-state index contributed by atoms with van der Waals surface area (Å²) in [6, 6.07) is 2.39. The summed E-state index contributed by atoms with van der Waals surface area (Å²) in [5.41, 5.74) is 3.89. The van der Waals surface area contributed by atoms with Crippen molar-refractivity contribution in [2.24, 2.45) is 0 Å². The van der Waals surface area contributed by atoms with Crippen LogP contribution in [0.5, 0.6) is 0 Å². The van der Waals surface area contributed by atoms with E-state index in [9.17, 15) is 0 Å². The van der Waals surface area contributed by atoms with Crippen molar-refractivity contribution in [3.63, 3.8) is 0 Å². The molecule has 1 saturated heterocycles. The lowest BCUT2D eigenvalue weighted by atomic mass is 10.1. The largest absolute Gasteiger partial charge is 0.364 e. The molecule has 0 amide bonds. The first-order valence-corrected chi connectivity index (χ1v) is 8.68. The van der Waals surface area contributed by atoms with Gasteiger partial charge < -0.3 is 4.52 Å². The predicted octanol–water partition coefficient (Wildman–Crippen LogP) is 2.89. The fourth-order valence-corrected chi connectivity index (χ4v) is 4.27. The van der Waals surface area contributed by atoms with Gasteiger partial charge in [0.15, 0.2) is 0 Å². The van der Waals surface area contributed by atoms with Gasteiger partial charge in [-0.25, -0.2) is 0 Å². The molecule has 4 nitrogen and oxygen atoms in total. The van der Waals surface area contributed by atoms with E-state index in [0.29, 0.717) is 0 Å². The summed E-state index contributed by atoms with van der Waals surface area (Å²) in [5.74, 6) is 0. The van der Waals surface area contributed by atoms with Crippen LogP contribution in [-0.2, 0) is 26.1 Å². The average molecular weight is 303 g/mol. The SMILES string of the molecule is c1sc(CN2CCc3nocc3C2)cc1CN1CCCC1. The minimum atomic E-state index is 0.970. The minimum Gasteiger partial charge on any atom is -0.364 e. The highest BCUT2D eigenvalue weighted by molar-refractivity contribution is 7.10. The van der Waals surface area contributed by atoms with Gasteiger partial charge in [0, 0.05) is 43.0 Å². The topological polar surface area (TPSA) is 32.5 Å². The number of aromatic nitrogens is 1. The Morgan fingerprint density at radius 3 is 2.95 bits per heavy atom. The van der Waals surface area contributed by atoms with E-state index in [0.717, 1.165) is 38.3 Å². The molecule has 0 aromatic carbocycles. The highest BCUT2D eigenvalue weighted by Gasteiger charge is 2.20. The molecular formula is C16H21N3OS. The van der Waals surface area contributed by atoms with Crippen LogP contribution in [0, 0.1) is 0 Å². The summed E-state index contributed by atoms with van der Waals surface area (Å²) < 4.78 is 5.06. The lowest BCUT2D eigenvalue weighted by Gasteiger charge is -2.24. The predicted molar refractivity (Wildman–Crippen MR) is 83.2 cm³/mol. The second-order valence-electron chi connectivity index (χ2n) is 6.15. The standard InChI is InChI=1S/C16H21N3OS/c1-2-5-18(4-1)8-13-7-15(21-12-13)10-19-6-3-16-14(9-19)11-20-17-16/h7,11-12H,1-6,8-10H2. The van der Waals surface area contributed by atoms with E-state index in [1.165, 1.54) is 41.9 Å². The summed E-state index contributed by atoms with van der Waals surface area (Å²) in [5, 5.41) is 6.39. The maximum atomic E-state index is 5.06. The smallest absolute Gasteiger partial charge is 0.128 e. The Hall–Kier alpha value is -1.17. The van der Waals surface area contributed by atoms with E-state index in [1.807, 2.05) is 11.3 Å². The molecule has 0 saturated carbocycles. The highest BCUT2D eigenvalue weighted by Crippen LogP contribution is 2.23. The van der Waals surface area contributed by atoms with Gasteiger partial charge in [0.25, 0.3) is 0 Å². The molecule has 4 heterocycles. The van der Waals surface area contributed by atoms with Crippen LogP contribution in [0.25, 0.3) is 0 Å². The van der Waals surface area contributed by atoms with Gasteiger partial charge in [-0.1, -0.05) is 5.16 Å². The van der Waals surface area contributed by atoms with Crippen LogP contribution in [0.1, 0.15) is 34.5 Å². The van der Waals surface area contributed by atoms with Crippen molar-refractivity contribution in [3.8, 4) is 0 Å². The fourth-order valence-electron chi connectivity index (χ4n) is 3.35. The minimum absolute atomic E-state index is 0.970. The van der Waals surface area contributed by atoms with Gasteiger partial charge in [-0.05, 0) is 42.9 Å². The number of likely N-dealkylation sites (tertiary alicyclic amines) is 1. The van der Waals surface area contributed by atoms with E-state index >= 15 is 0 Å². The molecule has 0 radical (unpaired) electrons. The van der Waals surface area contributed by atoms with Crippen molar-refractivity contribution >= 4 is 11.3 Å². The van der Waals surface area contributed by atoms with Crippen LogP contribution in [0.3, 0.4) is 0 Å². The number of hydrogen-bond donors (Lipinski definition) is 0. The Labute approximate surface area is 129 Å². The molecule has 0 unspecified atom stereocenters. The normalized spacial score (nSPS) is 20.0. The quantitative estimate of drug-likeness (QED) is 0.869. The average Bonchev–Trinajstić information content (AvgIpc) is 3.21. The second kappa shape index (κ2) is 5.91. The van der Waals surface area contributed by atoms with Crippen molar-refractivity contribution in [2.75, 3.05) is 19.6 Å². The van der Waals surface area contributed by atoms with E-state index in [1.54, 1.807) is 6.26 Å². The summed E-state index contributed by atoms with van der Waals surface area (Å²) in [7, 11) is 0. The molecule has 112 valence electrons. The molecule has 5 heteroatoms. The third kappa shape index (κ3) is 3.05. The molecular weight excluding hydrogens is 282 g/mol. The summed E-state index contributed by atoms with van der Waals surface area (Å²) in [6.07, 6.45) is 5.55. The number of nitrogens with zero attached hydrogens (tertiary/aromatic N) is 3. The third-order valence-electron chi connectivity index (χ3n) is 4.48. The van der Waals surface area contributed by atoms with Gasteiger partial charge in [0.1, 0.15) is 6.26 Å². The van der Waals surface area contributed by atoms with Crippen molar-refractivity contribution in [2.45, 2.75) is 38.9 Å². The maximum Gasteiger partial charge on any atom is 0.128 e. The molecule has 2 aliphatic rings. The van der Waals surface area contributed by atoms with Crippen molar-refractivity contribution in [3.05, 3.63) is 39.4 Å². The number of fused-ring (bicyclic) bond motifs is 1. The van der Waals surface area contributed by atoms with E-state index in [2.05, 4.69) is 26.4 Å². The van der Waals surface area contributed by atoms with Crippen LogP contribution >= 0.6 is 11.3 Å². The van der Waals surface area contributed by atoms with Crippen LogP contribution in [0.4, 0.5) is 0 Å². The van der Waals surface area contributed by atoms with Crippen LogP contribution in [0.2, 0.25) is 0 Å². The lowest BCUT2D eigenvalue weighted by Crippen LogP contribution is -2.29. The molecule has 21 heavy (non-hydrogen) atoms. The molecule has 4 rings (SSSR count). The van der Waals surface area contributed by atoms with Crippen molar-refractivity contribution < 1.29 is 4.52 Å². The summed E-state index contributed by atoms with van der Waals surface area (Å²) in [4.78, 5) is 6.53. The Morgan fingerprint density at radius 2 is 2.05 bits per heavy atom. The Morgan fingerprint density at radius 1 is 1.14 bits per heavy atom. The monoisotopic (exact) mass is 303 g/mol. The molecule has 0 atom stereocenters. The van der Waals surface area contributed by atoms with Crippen molar-refractivity contribution in [1.82, 2.24) is 15.0 Å². The second-order valence-corrected chi connectivity index (χ2v) is 7.15. The number of rotatable bonds is 4. The Bertz CT molecular complexity index is 600. The van der Waals surface area contributed by atoms with Crippen LogP contribution in [0.15, 0.2) is 22.2 Å². The van der Waals surface area contributed by atoms with Gasteiger partial charge in [0.2, 0.25) is 0 Å². The molecule has 0 spiro atoms. The Kier molecular flexibility index (Phi) is 3.80. The zero-order valence-corrected chi connectivity index (χ0v) is 13.1. The van der Waals surface area contributed by atoms with Gasteiger partial charge >= 0.3 is 0 Å². The summed E-state index contributed by atoms with van der Waals surface area (Å²) >= 11 is 1.90. The molecule has 2 aromatic rings. The van der Waals surface area contributed by atoms with Gasteiger partial charge in [-0.2, -0.15) is 0 Å². The molecule has 0 aliphatic carbocycles. The van der Waals surface area contributed by atoms with Crippen LogP contribution in [-0.4, -0.2) is 34.6 Å². The first-order valence-electron chi connectivity index (χ1n) is 7.80. The molecule has 0 N–H and O–H groups in total. The summed E-state index contributed by atoms with van der Waals surface area (Å²) in [6.45, 7) is 6.78. The lowest BCUT2D eigenvalue weighted by molar-refractivity contribution is 0.246.